The van der Waals surface area contributed by atoms with E-state index < -0.39 is 17.4 Å². The fraction of sp³-hybridized carbons (Fsp3) is 0.632. The summed E-state index contributed by atoms with van der Waals surface area (Å²) in [6.07, 6.45) is 6.62. The highest BCUT2D eigenvalue weighted by atomic mass is 19.1. The van der Waals surface area contributed by atoms with Crippen LogP contribution < -0.4 is 0 Å². The molecular weight excluding hydrogens is 323 g/mol. The van der Waals surface area contributed by atoms with Gasteiger partial charge < -0.3 is 4.90 Å². The molecule has 0 aliphatic heterocycles. The standard InChI is InChI=1S/C19H23FN2O3/c20-17-3-1-13(2-4-17)11-21(18(23)12-22(24)25)19-8-14-5-15(9-19)7-16(6-14)10-19/h1-4,14-16H,5-12H2. The molecule has 25 heavy (non-hydrogen) atoms. The number of nitro groups is 1. The van der Waals surface area contributed by atoms with Crippen LogP contribution in [0.4, 0.5) is 4.39 Å². The first kappa shape index (κ1) is 16.5. The molecule has 0 atom stereocenters. The van der Waals surface area contributed by atoms with Gasteiger partial charge in [0.1, 0.15) is 5.82 Å². The predicted molar refractivity (Wildman–Crippen MR) is 89.7 cm³/mol. The average Bonchev–Trinajstić information content (AvgIpc) is 2.52. The fourth-order valence-electron chi connectivity index (χ4n) is 5.88. The van der Waals surface area contributed by atoms with Crippen molar-refractivity contribution in [2.45, 2.75) is 50.6 Å². The number of halogens is 1. The Labute approximate surface area is 146 Å². The predicted octanol–water partition coefficient (Wildman–Crippen LogP) is 3.40. The van der Waals surface area contributed by atoms with Crippen molar-refractivity contribution in [1.29, 1.82) is 0 Å². The van der Waals surface area contributed by atoms with Crippen LogP contribution in [0.2, 0.25) is 0 Å². The lowest BCUT2D eigenvalue weighted by molar-refractivity contribution is -0.469. The molecule has 0 unspecified atom stereocenters. The molecule has 6 heteroatoms. The van der Waals surface area contributed by atoms with Gasteiger partial charge in [-0.1, -0.05) is 12.1 Å². The van der Waals surface area contributed by atoms with E-state index in [1.165, 1.54) is 31.4 Å². The molecule has 0 radical (unpaired) electrons. The second kappa shape index (κ2) is 6.07. The molecule has 4 saturated carbocycles. The van der Waals surface area contributed by atoms with Crippen molar-refractivity contribution >= 4 is 5.91 Å². The Morgan fingerprint density at radius 2 is 1.64 bits per heavy atom. The monoisotopic (exact) mass is 346 g/mol. The Hall–Kier alpha value is -1.98. The summed E-state index contributed by atoms with van der Waals surface area (Å²) in [5.41, 5.74) is 0.588. The van der Waals surface area contributed by atoms with Crippen LogP contribution in [-0.4, -0.2) is 27.8 Å². The van der Waals surface area contributed by atoms with Crippen molar-refractivity contribution in [2.24, 2.45) is 17.8 Å². The van der Waals surface area contributed by atoms with Crippen LogP contribution in [0.25, 0.3) is 0 Å². The van der Waals surface area contributed by atoms with Gasteiger partial charge in [0.15, 0.2) is 0 Å². The Kier molecular flexibility index (Phi) is 4.01. The third-order valence-electron chi connectivity index (χ3n) is 6.40. The van der Waals surface area contributed by atoms with Crippen molar-refractivity contribution in [3.05, 3.63) is 45.8 Å². The molecule has 4 aliphatic rings. The van der Waals surface area contributed by atoms with E-state index in [1.807, 2.05) is 0 Å². The van der Waals surface area contributed by atoms with Crippen molar-refractivity contribution in [3.8, 4) is 0 Å². The molecular formula is C19H23FN2O3. The van der Waals surface area contributed by atoms with Gasteiger partial charge in [-0.05, 0) is 74.0 Å². The van der Waals surface area contributed by atoms with Crippen LogP contribution in [0.15, 0.2) is 24.3 Å². The van der Waals surface area contributed by atoms with Crippen LogP contribution >= 0.6 is 0 Å². The van der Waals surface area contributed by atoms with E-state index in [2.05, 4.69) is 0 Å². The van der Waals surface area contributed by atoms with Gasteiger partial charge >= 0.3 is 0 Å². The molecule has 1 aromatic carbocycles. The second-order valence-corrected chi connectivity index (χ2v) is 8.24. The summed E-state index contributed by atoms with van der Waals surface area (Å²) in [5.74, 6) is 1.21. The number of hydrogen-bond donors (Lipinski definition) is 0. The molecule has 5 rings (SSSR count). The van der Waals surface area contributed by atoms with Crippen LogP contribution in [0.5, 0.6) is 0 Å². The third-order valence-corrected chi connectivity index (χ3v) is 6.40. The molecule has 0 spiro atoms. The zero-order valence-corrected chi connectivity index (χ0v) is 14.2. The summed E-state index contributed by atoms with van der Waals surface area (Å²) >= 11 is 0. The zero-order chi connectivity index (χ0) is 17.6. The number of carbonyl (C=O) groups is 1. The summed E-state index contributed by atoms with van der Waals surface area (Å²) in [4.78, 5) is 24.9. The van der Waals surface area contributed by atoms with E-state index >= 15 is 0 Å². The number of hydrogen-bond acceptors (Lipinski definition) is 3. The molecule has 4 aliphatic carbocycles. The van der Waals surface area contributed by atoms with Gasteiger partial charge in [-0.2, -0.15) is 0 Å². The van der Waals surface area contributed by atoms with E-state index in [9.17, 15) is 19.3 Å². The third kappa shape index (κ3) is 3.14. The minimum atomic E-state index is -0.664. The summed E-state index contributed by atoms with van der Waals surface area (Å²) in [5, 5.41) is 10.9. The molecule has 0 aromatic heterocycles. The molecule has 134 valence electrons. The normalized spacial score (nSPS) is 32.6. The first-order valence-corrected chi connectivity index (χ1v) is 9.10. The SMILES string of the molecule is O=C(C[N+](=O)[O-])N(Cc1ccc(F)cc1)C12CC3CC(CC(C3)C1)C2. The molecule has 4 bridgehead atoms. The van der Waals surface area contributed by atoms with Crippen LogP contribution in [0.3, 0.4) is 0 Å². The quantitative estimate of drug-likeness (QED) is 0.606. The van der Waals surface area contributed by atoms with Gasteiger partial charge in [-0.25, -0.2) is 4.39 Å². The summed E-state index contributed by atoms with van der Waals surface area (Å²) in [6.45, 7) is -0.331. The van der Waals surface area contributed by atoms with E-state index in [-0.39, 0.29) is 11.4 Å². The minimum Gasteiger partial charge on any atom is -0.327 e. The summed E-state index contributed by atoms with van der Waals surface area (Å²) in [7, 11) is 0. The number of benzene rings is 1. The maximum absolute atomic E-state index is 13.2. The van der Waals surface area contributed by atoms with Gasteiger partial charge in [0.25, 0.3) is 12.5 Å². The van der Waals surface area contributed by atoms with Crippen LogP contribution in [0.1, 0.15) is 44.1 Å². The average molecular weight is 346 g/mol. The number of amides is 1. The maximum Gasteiger partial charge on any atom is 0.295 e. The van der Waals surface area contributed by atoms with E-state index in [0.717, 1.165) is 24.8 Å². The highest BCUT2D eigenvalue weighted by molar-refractivity contribution is 5.78. The Balaban J connectivity index is 1.64. The van der Waals surface area contributed by atoms with E-state index in [4.69, 9.17) is 0 Å². The lowest BCUT2D eigenvalue weighted by Crippen LogP contribution is -2.62. The lowest BCUT2D eigenvalue weighted by atomic mass is 9.52. The van der Waals surface area contributed by atoms with Gasteiger partial charge in [-0.3, -0.25) is 14.9 Å². The first-order valence-electron chi connectivity index (χ1n) is 9.10. The van der Waals surface area contributed by atoms with Crippen molar-refractivity contribution in [3.63, 3.8) is 0 Å². The largest absolute Gasteiger partial charge is 0.327 e. The highest BCUT2D eigenvalue weighted by Crippen LogP contribution is 2.58. The zero-order valence-electron chi connectivity index (χ0n) is 14.2. The van der Waals surface area contributed by atoms with Gasteiger partial charge in [0, 0.05) is 17.0 Å². The Bertz CT molecular complexity index is 653. The Morgan fingerprint density at radius 1 is 1.12 bits per heavy atom. The summed E-state index contributed by atoms with van der Waals surface area (Å²) < 4.78 is 13.2. The topological polar surface area (TPSA) is 63.4 Å². The van der Waals surface area contributed by atoms with E-state index in [0.29, 0.717) is 24.3 Å². The van der Waals surface area contributed by atoms with Crippen LogP contribution in [0, 0.1) is 33.7 Å². The minimum absolute atomic E-state index is 0.240. The summed E-state index contributed by atoms with van der Waals surface area (Å²) in [6, 6.07) is 6.10. The second-order valence-electron chi connectivity index (χ2n) is 8.24. The molecule has 1 amide bonds. The smallest absolute Gasteiger partial charge is 0.295 e. The highest BCUT2D eigenvalue weighted by Gasteiger charge is 2.55. The molecule has 0 saturated heterocycles. The van der Waals surface area contributed by atoms with E-state index in [1.54, 1.807) is 17.0 Å². The lowest BCUT2D eigenvalue weighted by Gasteiger charge is -2.60. The van der Waals surface area contributed by atoms with Gasteiger partial charge in [0.2, 0.25) is 0 Å². The number of nitrogens with zero attached hydrogens (tertiary/aromatic N) is 2. The molecule has 0 N–H and O–H groups in total. The van der Waals surface area contributed by atoms with Gasteiger partial charge in [0.05, 0.1) is 0 Å². The molecule has 1 aromatic rings. The molecule has 5 nitrogen and oxygen atoms in total. The Morgan fingerprint density at radius 3 is 2.12 bits per heavy atom. The van der Waals surface area contributed by atoms with Crippen molar-refractivity contribution in [2.75, 3.05) is 6.54 Å². The molecule has 4 fully saturated rings. The van der Waals surface area contributed by atoms with Crippen LogP contribution in [-0.2, 0) is 11.3 Å². The molecule has 0 heterocycles. The number of carbonyl (C=O) groups excluding carboxylic acids is 1. The number of rotatable bonds is 5. The first-order chi connectivity index (χ1) is 11.9. The van der Waals surface area contributed by atoms with Crippen molar-refractivity contribution < 1.29 is 14.1 Å². The fourth-order valence-corrected chi connectivity index (χ4v) is 5.88. The van der Waals surface area contributed by atoms with Crippen molar-refractivity contribution in [1.82, 2.24) is 4.90 Å². The maximum atomic E-state index is 13.2. The van der Waals surface area contributed by atoms with Gasteiger partial charge in [-0.15, -0.1) is 0 Å².